The van der Waals surface area contributed by atoms with E-state index in [4.69, 9.17) is 9.26 Å². The molecular weight excluding hydrogens is 346 g/mol. The standard InChI is InChI=1S/C16H21N3O5S/c1-4-11(2)17-15(20)16-18-14(19-24-16)9-10-25(21,22)13-7-5-12(23-3)6-8-13/h5-8,11H,4,9-10H2,1-3H3,(H,17,20)/t11-/m1/s1. The lowest BCUT2D eigenvalue weighted by Gasteiger charge is -2.07. The molecule has 1 N–H and O–H groups in total. The van der Waals surface area contributed by atoms with Crippen LogP contribution in [-0.4, -0.2) is 43.4 Å². The van der Waals surface area contributed by atoms with Crippen molar-refractivity contribution >= 4 is 15.7 Å². The summed E-state index contributed by atoms with van der Waals surface area (Å²) in [5.41, 5.74) is 0. The predicted molar refractivity (Wildman–Crippen MR) is 90.3 cm³/mol. The highest BCUT2D eigenvalue weighted by atomic mass is 32.2. The van der Waals surface area contributed by atoms with Crippen LogP contribution in [0.15, 0.2) is 33.7 Å². The van der Waals surface area contributed by atoms with Gasteiger partial charge in [-0.05, 0) is 37.6 Å². The van der Waals surface area contributed by atoms with Crippen molar-refractivity contribution in [2.24, 2.45) is 0 Å². The number of hydrogen-bond acceptors (Lipinski definition) is 7. The fraction of sp³-hybridized carbons (Fsp3) is 0.438. The number of methoxy groups -OCH3 is 1. The fourth-order valence-electron chi connectivity index (χ4n) is 1.96. The molecule has 0 saturated carbocycles. The van der Waals surface area contributed by atoms with Crippen LogP contribution in [0.3, 0.4) is 0 Å². The van der Waals surface area contributed by atoms with E-state index in [1.807, 2.05) is 13.8 Å². The third-order valence-electron chi connectivity index (χ3n) is 3.67. The molecule has 0 spiro atoms. The Hall–Kier alpha value is -2.42. The van der Waals surface area contributed by atoms with Gasteiger partial charge >= 0.3 is 11.8 Å². The number of sulfone groups is 1. The number of carbonyl (C=O) groups excluding carboxylic acids is 1. The minimum atomic E-state index is -3.50. The Morgan fingerprint density at radius 3 is 2.60 bits per heavy atom. The third kappa shape index (κ3) is 5.02. The first-order valence-corrected chi connectivity index (χ1v) is 9.51. The summed E-state index contributed by atoms with van der Waals surface area (Å²) in [5, 5.41) is 6.37. The molecule has 1 aromatic carbocycles. The van der Waals surface area contributed by atoms with Gasteiger partial charge in [-0.15, -0.1) is 0 Å². The van der Waals surface area contributed by atoms with Crippen LogP contribution in [0.5, 0.6) is 5.75 Å². The van der Waals surface area contributed by atoms with E-state index in [2.05, 4.69) is 15.5 Å². The first-order valence-electron chi connectivity index (χ1n) is 7.86. The number of rotatable bonds is 8. The van der Waals surface area contributed by atoms with E-state index < -0.39 is 15.7 Å². The lowest BCUT2D eigenvalue weighted by Crippen LogP contribution is -2.32. The molecule has 136 valence electrons. The van der Waals surface area contributed by atoms with Crippen LogP contribution in [-0.2, 0) is 16.3 Å². The molecule has 0 aliphatic heterocycles. The highest BCUT2D eigenvalue weighted by molar-refractivity contribution is 7.91. The van der Waals surface area contributed by atoms with E-state index in [0.29, 0.717) is 5.75 Å². The first-order chi connectivity index (χ1) is 11.9. The molecule has 0 saturated heterocycles. The van der Waals surface area contributed by atoms with E-state index in [9.17, 15) is 13.2 Å². The molecule has 0 aliphatic rings. The van der Waals surface area contributed by atoms with Gasteiger partial charge in [-0.3, -0.25) is 4.79 Å². The average Bonchev–Trinajstić information content (AvgIpc) is 3.09. The minimum absolute atomic E-state index is 0.0155. The fourth-order valence-corrected chi connectivity index (χ4v) is 3.20. The van der Waals surface area contributed by atoms with Crippen molar-refractivity contribution in [3.8, 4) is 5.75 Å². The molecular formula is C16H21N3O5S. The monoisotopic (exact) mass is 367 g/mol. The highest BCUT2D eigenvalue weighted by Gasteiger charge is 2.19. The molecule has 0 radical (unpaired) electrons. The zero-order valence-electron chi connectivity index (χ0n) is 14.4. The Balaban J connectivity index is 1.99. The van der Waals surface area contributed by atoms with Crippen LogP contribution >= 0.6 is 0 Å². The molecule has 0 bridgehead atoms. The number of hydrogen-bond donors (Lipinski definition) is 1. The second-order valence-electron chi connectivity index (χ2n) is 5.54. The lowest BCUT2D eigenvalue weighted by molar-refractivity contribution is 0.0895. The maximum atomic E-state index is 12.3. The molecule has 0 unspecified atom stereocenters. The molecule has 2 aromatic rings. The number of nitrogens with zero attached hydrogens (tertiary/aromatic N) is 2. The summed E-state index contributed by atoms with van der Waals surface area (Å²) in [6, 6.07) is 6.11. The van der Waals surface area contributed by atoms with Crippen LogP contribution < -0.4 is 10.1 Å². The van der Waals surface area contributed by atoms with Crippen molar-refractivity contribution in [1.82, 2.24) is 15.5 Å². The smallest absolute Gasteiger partial charge is 0.315 e. The molecule has 25 heavy (non-hydrogen) atoms. The zero-order chi connectivity index (χ0) is 18.4. The molecule has 8 nitrogen and oxygen atoms in total. The van der Waals surface area contributed by atoms with Crippen molar-refractivity contribution in [3.05, 3.63) is 36.0 Å². The van der Waals surface area contributed by atoms with Gasteiger partial charge in [0, 0.05) is 12.5 Å². The number of benzene rings is 1. The number of aromatic nitrogens is 2. The van der Waals surface area contributed by atoms with E-state index in [0.717, 1.165) is 6.42 Å². The summed E-state index contributed by atoms with van der Waals surface area (Å²) in [5.74, 6) is -0.0746. The quantitative estimate of drug-likeness (QED) is 0.754. The Morgan fingerprint density at radius 1 is 1.32 bits per heavy atom. The number of ether oxygens (including phenoxy) is 1. The van der Waals surface area contributed by atoms with Gasteiger partial charge < -0.3 is 14.6 Å². The van der Waals surface area contributed by atoms with Crippen LogP contribution in [0.25, 0.3) is 0 Å². The van der Waals surface area contributed by atoms with E-state index >= 15 is 0 Å². The summed E-state index contributed by atoms with van der Waals surface area (Å²) < 4.78 is 34.5. The van der Waals surface area contributed by atoms with Gasteiger partial charge in [-0.1, -0.05) is 12.1 Å². The number of carbonyl (C=O) groups is 1. The summed E-state index contributed by atoms with van der Waals surface area (Å²) in [6.07, 6.45) is 0.821. The van der Waals surface area contributed by atoms with Crippen molar-refractivity contribution in [3.63, 3.8) is 0 Å². The van der Waals surface area contributed by atoms with Crippen molar-refractivity contribution < 1.29 is 22.5 Å². The molecule has 1 heterocycles. The number of amides is 1. The largest absolute Gasteiger partial charge is 0.497 e. The lowest BCUT2D eigenvalue weighted by atomic mass is 10.2. The molecule has 1 atom stereocenters. The van der Waals surface area contributed by atoms with Gasteiger partial charge in [0.2, 0.25) is 0 Å². The van der Waals surface area contributed by atoms with E-state index in [1.54, 1.807) is 12.1 Å². The molecule has 9 heteroatoms. The Morgan fingerprint density at radius 2 is 2.00 bits per heavy atom. The average molecular weight is 367 g/mol. The Kier molecular flexibility index (Phi) is 6.13. The van der Waals surface area contributed by atoms with Gasteiger partial charge in [0.05, 0.1) is 17.8 Å². The topological polar surface area (TPSA) is 111 Å². The van der Waals surface area contributed by atoms with Gasteiger partial charge in [0.25, 0.3) is 0 Å². The second kappa shape index (κ2) is 8.11. The zero-order valence-corrected chi connectivity index (χ0v) is 15.2. The Labute approximate surface area is 146 Å². The summed E-state index contributed by atoms with van der Waals surface area (Å²) in [4.78, 5) is 16.0. The van der Waals surface area contributed by atoms with Crippen molar-refractivity contribution in [1.29, 1.82) is 0 Å². The molecule has 0 fully saturated rings. The Bertz CT molecular complexity index is 815. The molecule has 0 aliphatic carbocycles. The van der Waals surface area contributed by atoms with Crippen LogP contribution in [0, 0.1) is 0 Å². The van der Waals surface area contributed by atoms with Gasteiger partial charge in [-0.2, -0.15) is 4.98 Å². The molecule has 1 aromatic heterocycles. The molecule has 2 rings (SSSR count). The van der Waals surface area contributed by atoms with Crippen LogP contribution in [0.1, 0.15) is 36.8 Å². The van der Waals surface area contributed by atoms with Gasteiger partial charge in [-0.25, -0.2) is 8.42 Å². The van der Waals surface area contributed by atoms with E-state index in [1.165, 1.54) is 19.2 Å². The minimum Gasteiger partial charge on any atom is -0.497 e. The van der Waals surface area contributed by atoms with Crippen molar-refractivity contribution in [2.45, 2.75) is 37.6 Å². The van der Waals surface area contributed by atoms with Gasteiger partial charge in [0.15, 0.2) is 15.7 Å². The summed E-state index contributed by atoms with van der Waals surface area (Å²) in [6.45, 7) is 3.80. The molecule has 1 amide bonds. The highest BCUT2D eigenvalue weighted by Crippen LogP contribution is 2.17. The normalized spacial score (nSPS) is 12.6. The maximum absolute atomic E-state index is 12.3. The first kappa shape index (κ1) is 18.9. The van der Waals surface area contributed by atoms with Crippen molar-refractivity contribution in [2.75, 3.05) is 12.9 Å². The van der Waals surface area contributed by atoms with Crippen LogP contribution in [0.2, 0.25) is 0 Å². The van der Waals surface area contributed by atoms with E-state index in [-0.39, 0.29) is 34.8 Å². The SMILES string of the molecule is CC[C@@H](C)NC(=O)c1nc(CCS(=O)(=O)c2ccc(OC)cc2)no1. The van der Waals surface area contributed by atoms with Gasteiger partial charge in [0.1, 0.15) is 5.75 Å². The number of nitrogens with one attached hydrogen (secondary N) is 1. The predicted octanol–water partition coefficient (Wildman–Crippen LogP) is 1.62. The second-order valence-corrected chi connectivity index (χ2v) is 7.65. The number of aryl methyl sites for hydroxylation is 1. The summed E-state index contributed by atoms with van der Waals surface area (Å²) >= 11 is 0. The van der Waals surface area contributed by atoms with Crippen LogP contribution in [0.4, 0.5) is 0 Å². The third-order valence-corrected chi connectivity index (χ3v) is 5.40. The maximum Gasteiger partial charge on any atom is 0.315 e. The summed E-state index contributed by atoms with van der Waals surface area (Å²) in [7, 11) is -1.99.